The molecule has 1 N–H and O–H groups in total. The molecule has 0 radical (unpaired) electrons. The summed E-state index contributed by atoms with van der Waals surface area (Å²) in [5.41, 5.74) is 2.42. The molecule has 3 aliphatic heterocycles. The summed E-state index contributed by atoms with van der Waals surface area (Å²) in [4.78, 5) is 12.0. The molecule has 1 fully saturated rings. The van der Waals surface area contributed by atoms with Crippen LogP contribution in [0.2, 0.25) is 0 Å². The zero-order valence-electron chi connectivity index (χ0n) is 18.5. The number of piperidine rings is 1. The number of nitrogens with zero attached hydrogens (tertiary/aromatic N) is 4. The van der Waals surface area contributed by atoms with Gasteiger partial charge in [0.1, 0.15) is 30.6 Å². The van der Waals surface area contributed by atoms with E-state index in [1.54, 1.807) is 4.90 Å². The number of aromatic nitrogens is 2. The van der Waals surface area contributed by atoms with Crippen LogP contribution in [0.4, 0.5) is 8.78 Å². The number of ether oxygens (including phenoxy) is 1. The fourth-order valence-electron chi connectivity index (χ4n) is 4.91. The number of halogens is 2. The maximum atomic E-state index is 13.9. The first-order chi connectivity index (χ1) is 16.5. The number of amidine groups is 1. The third-order valence-electron chi connectivity index (χ3n) is 6.46. The lowest BCUT2D eigenvalue weighted by Crippen LogP contribution is -2.51. The number of imidazole rings is 1. The first kappa shape index (κ1) is 20.9. The molecule has 2 aromatic carbocycles. The molecule has 34 heavy (non-hydrogen) atoms. The van der Waals surface area contributed by atoms with E-state index in [2.05, 4.69) is 10.1 Å². The average molecular weight is 464 g/mol. The van der Waals surface area contributed by atoms with Crippen LogP contribution in [0.25, 0.3) is 11.8 Å². The molecular formula is C25H22F2N4O3. The molecule has 0 aliphatic carbocycles. The zero-order valence-corrected chi connectivity index (χ0v) is 18.5. The van der Waals surface area contributed by atoms with Crippen molar-refractivity contribution in [1.29, 1.82) is 0 Å². The lowest BCUT2D eigenvalue weighted by atomic mass is 9.94. The Kier molecular flexibility index (Phi) is 4.70. The van der Waals surface area contributed by atoms with E-state index in [0.717, 1.165) is 53.0 Å². The van der Waals surface area contributed by atoms with Crippen molar-refractivity contribution in [1.82, 2.24) is 14.5 Å². The van der Waals surface area contributed by atoms with Gasteiger partial charge in [0.25, 0.3) is 5.72 Å². The highest BCUT2D eigenvalue weighted by Crippen LogP contribution is 2.41. The summed E-state index contributed by atoms with van der Waals surface area (Å²) >= 11 is 0. The number of rotatable bonds is 3. The molecule has 174 valence electrons. The number of hydrogen-bond acceptors (Lipinski definition) is 6. The Balaban J connectivity index is 1.34. The van der Waals surface area contributed by atoms with Crippen molar-refractivity contribution >= 4 is 11.9 Å². The van der Waals surface area contributed by atoms with E-state index in [0.29, 0.717) is 19.0 Å². The molecule has 1 saturated heterocycles. The van der Waals surface area contributed by atoms with Gasteiger partial charge >= 0.3 is 0 Å². The summed E-state index contributed by atoms with van der Waals surface area (Å²) in [7, 11) is 0. The third-order valence-corrected chi connectivity index (χ3v) is 6.46. The molecule has 1 atom stereocenters. The number of fused-ring (bicyclic) bond motifs is 4. The molecule has 1 unspecified atom stereocenters. The standard InChI is InChI=1S/C25H22F2N4O3/c1-15-12-30-21-5-4-16(8-22(21)33-13-23(30)28-15)7-17-3-2-6-31-24(17)29-34-25(31,14-32)18-9-19(26)11-20(27)10-18/h4-5,7-12,32H,2-3,6,13-14H2,1H3. The van der Waals surface area contributed by atoms with Gasteiger partial charge in [0.05, 0.1) is 11.4 Å². The van der Waals surface area contributed by atoms with Crippen LogP contribution in [0, 0.1) is 18.6 Å². The van der Waals surface area contributed by atoms with E-state index >= 15 is 0 Å². The summed E-state index contributed by atoms with van der Waals surface area (Å²) in [5.74, 6) is 0.703. The van der Waals surface area contributed by atoms with Gasteiger partial charge in [-0.25, -0.2) is 13.8 Å². The van der Waals surface area contributed by atoms with Gasteiger partial charge in [0.15, 0.2) is 11.7 Å². The van der Waals surface area contributed by atoms with Crippen molar-refractivity contribution in [2.45, 2.75) is 32.1 Å². The average Bonchev–Trinajstić information content (AvgIpc) is 3.39. The summed E-state index contributed by atoms with van der Waals surface area (Å²) in [6, 6.07) is 9.09. The predicted octanol–water partition coefficient (Wildman–Crippen LogP) is 4.02. The molecule has 9 heteroatoms. The maximum absolute atomic E-state index is 13.9. The molecule has 0 spiro atoms. The summed E-state index contributed by atoms with van der Waals surface area (Å²) in [6.45, 7) is 2.38. The Bertz CT molecular complexity index is 1350. The van der Waals surface area contributed by atoms with Crippen molar-refractivity contribution in [3.05, 3.63) is 82.4 Å². The fraction of sp³-hybridized carbons (Fsp3) is 0.280. The summed E-state index contributed by atoms with van der Waals surface area (Å²) < 4.78 is 35.9. The van der Waals surface area contributed by atoms with E-state index in [4.69, 9.17) is 9.57 Å². The molecule has 0 bridgehead atoms. The van der Waals surface area contributed by atoms with Crippen molar-refractivity contribution in [2.75, 3.05) is 13.2 Å². The normalized spacial score (nSPS) is 21.9. The number of hydrogen-bond donors (Lipinski definition) is 1. The first-order valence-electron chi connectivity index (χ1n) is 11.1. The highest BCUT2D eigenvalue weighted by molar-refractivity contribution is 6.03. The van der Waals surface area contributed by atoms with Crippen LogP contribution in [0.5, 0.6) is 5.75 Å². The van der Waals surface area contributed by atoms with Gasteiger partial charge in [-0.05, 0) is 61.2 Å². The van der Waals surface area contributed by atoms with Crippen LogP contribution in [0.1, 0.15) is 35.5 Å². The van der Waals surface area contributed by atoms with E-state index in [1.165, 1.54) is 12.1 Å². The number of aliphatic hydroxyl groups excluding tert-OH is 1. The number of aryl methyl sites for hydroxylation is 1. The summed E-state index contributed by atoms with van der Waals surface area (Å²) in [6.07, 6.45) is 5.52. The van der Waals surface area contributed by atoms with Crippen molar-refractivity contribution < 1.29 is 23.5 Å². The number of oxime groups is 1. The molecule has 0 saturated carbocycles. The second kappa shape index (κ2) is 7.66. The monoisotopic (exact) mass is 464 g/mol. The Labute approximate surface area is 194 Å². The smallest absolute Gasteiger partial charge is 0.260 e. The number of benzene rings is 2. The van der Waals surface area contributed by atoms with E-state index < -0.39 is 24.0 Å². The largest absolute Gasteiger partial charge is 0.483 e. The minimum absolute atomic E-state index is 0.182. The molecule has 6 rings (SSSR count). The molecule has 0 amide bonds. The van der Waals surface area contributed by atoms with Crippen molar-refractivity contribution in [2.24, 2.45) is 5.16 Å². The van der Waals surface area contributed by atoms with E-state index in [9.17, 15) is 13.9 Å². The van der Waals surface area contributed by atoms with Gasteiger partial charge in [0.2, 0.25) is 0 Å². The van der Waals surface area contributed by atoms with Crippen LogP contribution in [0.15, 0.2) is 53.3 Å². The molecular weight excluding hydrogens is 442 g/mol. The van der Waals surface area contributed by atoms with Crippen LogP contribution < -0.4 is 4.74 Å². The van der Waals surface area contributed by atoms with E-state index in [-0.39, 0.29) is 5.56 Å². The van der Waals surface area contributed by atoms with Gasteiger partial charge in [-0.15, -0.1) is 0 Å². The Morgan fingerprint density at radius 3 is 2.79 bits per heavy atom. The van der Waals surface area contributed by atoms with Crippen molar-refractivity contribution in [3.63, 3.8) is 0 Å². The predicted molar refractivity (Wildman–Crippen MR) is 120 cm³/mol. The molecule has 7 nitrogen and oxygen atoms in total. The van der Waals surface area contributed by atoms with Gasteiger partial charge in [-0.3, -0.25) is 4.57 Å². The van der Waals surface area contributed by atoms with Gasteiger partial charge in [0, 0.05) is 24.4 Å². The molecule has 4 heterocycles. The lowest BCUT2D eigenvalue weighted by Gasteiger charge is -2.38. The van der Waals surface area contributed by atoms with Crippen LogP contribution >= 0.6 is 0 Å². The molecule has 3 aromatic rings. The molecule has 1 aromatic heterocycles. The quantitative estimate of drug-likeness (QED) is 0.634. The Morgan fingerprint density at radius 1 is 1.18 bits per heavy atom. The minimum Gasteiger partial charge on any atom is -0.483 e. The lowest BCUT2D eigenvalue weighted by molar-refractivity contribution is -0.137. The van der Waals surface area contributed by atoms with Gasteiger partial charge in [-0.1, -0.05) is 11.2 Å². The molecule has 3 aliphatic rings. The second-order valence-corrected chi connectivity index (χ2v) is 8.72. The SMILES string of the molecule is Cc1cn2c(n1)COc1cc(C=C3CCCN4C3=NOC4(CO)c3cc(F)cc(F)c3)ccc1-2. The van der Waals surface area contributed by atoms with Crippen molar-refractivity contribution in [3.8, 4) is 11.4 Å². The van der Waals surface area contributed by atoms with Crippen LogP contribution in [-0.4, -0.2) is 38.5 Å². The zero-order chi connectivity index (χ0) is 23.4. The Morgan fingerprint density at radius 2 is 2.00 bits per heavy atom. The van der Waals surface area contributed by atoms with Gasteiger partial charge < -0.3 is 19.6 Å². The Hall–Kier alpha value is -3.72. The highest BCUT2D eigenvalue weighted by atomic mass is 19.1. The minimum atomic E-state index is -1.47. The van der Waals surface area contributed by atoms with Gasteiger partial charge in [-0.2, -0.15) is 0 Å². The topological polar surface area (TPSA) is 72.1 Å². The van der Waals surface area contributed by atoms with Crippen LogP contribution in [-0.2, 0) is 17.2 Å². The fourth-order valence-corrected chi connectivity index (χ4v) is 4.91. The second-order valence-electron chi connectivity index (χ2n) is 8.72. The van der Waals surface area contributed by atoms with Crippen LogP contribution in [0.3, 0.4) is 0 Å². The maximum Gasteiger partial charge on any atom is 0.260 e. The van der Waals surface area contributed by atoms with E-state index in [1.807, 2.05) is 42.0 Å². The first-order valence-corrected chi connectivity index (χ1v) is 11.1. The number of aliphatic hydroxyl groups is 1. The summed E-state index contributed by atoms with van der Waals surface area (Å²) in [5, 5.41) is 14.5. The third kappa shape index (κ3) is 3.19. The highest BCUT2D eigenvalue weighted by Gasteiger charge is 2.49.